The molecule has 4 rings (SSSR count). The zero-order chi connectivity index (χ0) is 23.7. The number of piperazine rings is 1. The summed E-state index contributed by atoms with van der Waals surface area (Å²) in [5.41, 5.74) is 5.95. The molecule has 0 radical (unpaired) electrons. The molecule has 6 nitrogen and oxygen atoms in total. The van der Waals surface area contributed by atoms with E-state index >= 15 is 0 Å². The van der Waals surface area contributed by atoms with E-state index in [1.165, 1.54) is 0 Å². The van der Waals surface area contributed by atoms with Gasteiger partial charge in [0.15, 0.2) is 5.65 Å². The minimum atomic E-state index is -0.235. The molecule has 0 unspecified atom stereocenters. The molecule has 1 aliphatic rings. The van der Waals surface area contributed by atoms with E-state index in [4.69, 9.17) is 16.6 Å². The molecule has 8 heteroatoms. The molecule has 1 fully saturated rings. The highest BCUT2D eigenvalue weighted by atomic mass is 35.5. The van der Waals surface area contributed by atoms with Gasteiger partial charge in [-0.1, -0.05) is 24.6 Å². The van der Waals surface area contributed by atoms with Crippen LogP contribution < -0.4 is 4.90 Å². The number of hydrogen-bond acceptors (Lipinski definition) is 5. The van der Waals surface area contributed by atoms with Crippen molar-refractivity contribution in [3.8, 4) is 0 Å². The second kappa shape index (κ2) is 9.87. The monoisotopic (exact) mass is 483 g/mol. The van der Waals surface area contributed by atoms with Gasteiger partial charge in [-0.15, -0.1) is 12.6 Å². The van der Waals surface area contributed by atoms with E-state index in [1.54, 1.807) is 6.20 Å². The summed E-state index contributed by atoms with van der Waals surface area (Å²) < 4.78 is 1.90. The Morgan fingerprint density at radius 3 is 2.55 bits per heavy atom. The van der Waals surface area contributed by atoms with Gasteiger partial charge in [-0.2, -0.15) is 0 Å². The summed E-state index contributed by atoms with van der Waals surface area (Å²) >= 11 is 10.3. The third kappa shape index (κ3) is 5.10. The highest BCUT2D eigenvalue weighted by Gasteiger charge is 2.20. The Hall–Kier alpha value is -2.35. The molecule has 0 bridgehead atoms. The number of anilines is 1. The number of halogens is 1. The zero-order valence-corrected chi connectivity index (χ0v) is 21.2. The second-order valence-electron chi connectivity index (χ2n) is 8.72. The zero-order valence-electron chi connectivity index (χ0n) is 19.5. The molecule has 1 saturated heterocycles. The van der Waals surface area contributed by atoms with E-state index < -0.39 is 0 Å². The number of aryl methyl sites for hydroxylation is 1. The van der Waals surface area contributed by atoms with Gasteiger partial charge >= 0.3 is 0 Å². The van der Waals surface area contributed by atoms with Crippen molar-refractivity contribution in [1.29, 1.82) is 0 Å². The molecule has 174 valence electrons. The highest BCUT2D eigenvalue weighted by Crippen LogP contribution is 2.28. The van der Waals surface area contributed by atoms with Crippen molar-refractivity contribution in [3.63, 3.8) is 0 Å². The summed E-state index contributed by atoms with van der Waals surface area (Å²) in [4.78, 5) is 26.3. The van der Waals surface area contributed by atoms with Crippen LogP contribution in [0, 0.1) is 6.92 Å². The Labute approximate surface area is 205 Å². The van der Waals surface area contributed by atoms with Gasteiger partial charge in [-0.05, 0) is 56.5 Å². The van der Waals surface area contributed by atoms with Crippen LogP contribution in [0.3, 0.4) is 0 Å². The van der Waals surface area contributed by atoms with Crippen LogP contribution in [-0.2, 0) is 0 Å². The number of carbonyl (C=O) groups excluding carboxylic acids is 1. The number of thiol groups is 1. The van der Waals surface area contributed by atoms with Crippen LogP contribution in [0.5, 0.6) is 0 Å². The fourth-order valence-corrected chi connectivity index (χ4v) is 4.79. The van der Waals surface area contributed by atoms with Crippen molar-refractivity contribution in [3.05, 3.63) is 58.3 Å². The van der Waals surface area contributed by atoms with Crippen molar-refractivity contribution in [1.82, 2.24) is 19.3 Å². The number of nitrogens with zero attached hydrogens (tertiary/aromatic N) is 5. The molecule has 2 aromatic heterocycles. The molecule has 0 saturated carbocycles. The lowest BCUT2D eigenvalue weighted by molar-refractivity contribution is 0.109. The Bertz CT molecular complexity index is 1210. The maximum atomic E-state index is 12.4. The molecule has 3 heterocycles. The Morgan fingerprint density at radius 1 is 1.18 bits per heavy atom. The number of aromatic nitrogens is 3. The van der Waals surface area contributed by atoms with Gasteiger partial charge in [0.25, 0.3) is 0 Å². The minimum Gasteiger partial charge on any atom is -0.369 e. The standard InChI is InChI=1S/C25H30ClN5OS/c1-5-18(22-14-31-15-23(26)27-17(4)24(31)28-22)12-19-6-7-20(13-21(19)25(32)33)30-10-8-29(9-11-30)16(2)3/h6-7,12-16H,5,8-11H2,1-4H3,(H,32,33). The number of hydrogen-bond donors (Lipinski definition) is 1. The number of rotatable bonds is 6. The normalized spacial score (nSPS) is 15.6. The number of carbonyl (C=O) groups is 1. The van der Waals surface area contributed by atoms with Crippen molar-refractivity contribution < 1.29 is 4.79 Å². The van der Waals surface area contributed by atoms with Gasteiger partial charge in [0, 0.05) is 55.9 Å². The van der Waals surface area contributed by atoms with Gasteiger partial charge < -0.3 is 9.30 Å². The molecule has 0 N–H and O–H groups in total. The highest BCUT2D eigenvalue weighted by molar-refractivity contribution is 7.97. The predicted molar refractivity (Wildman–Crippen MR) is 140 cm³/mol. The third-order valence-electron chi connectivity index (χ3n) is 6.29. The molecule has 1 aromatic carbocycles. The van der Waals surface area contributed by atoms with E-state index in [0.717, 1.165) is 66.5 Å². The first kappa shape index (κ1) is 23.8. The number of fused-ring (bicyclic) bond motifs is 1. The van der Waals surface area contributed by atoms with Crippen molar-refractivity contribution in [2.75, 3.05) is 31.1 Å². The van der Waals surface area contributed by atoms with E-state index in [-0.39, 0.29) is 5.12 Å². The molecule has 0 amide bonds. The SMILES string of the molecule is CCC(=Cc1ccc(N2CCN(C(C)C)CC2)cc1C(=O)S)c1cn2cc(Cl)nc(C)c2n1. The lowest BCUT2D eigenvalue weighted by atomic mass is 10.0. The van der Waals surface area contributed by atoms with E-state index in [1.807, 2.05) is 35.7 Å². The largest absolute Gasteiger partial charge is 0.369 e. The molecule has 0 atom stereocenters. The Morgan fingerprint density at radius 2 is 1.91 bits per heavy atom. The van der Waals surface area contributed by atoms with Crippen molar-refractivity contribution in [2.45, 2.75) is 40.2 Å². The first-order valence-electron chi connectivity index (χ1n) is 11.4. The summed E-state index contributed by atoms with van der Waals surface area (Å²) in [5.74, 6) is 0. The van der Waals surface area contributed by atoms with Gasteiger partial charge in [-0.25, -0.2) is 9.97 Å². The summed E-state index contributed by atoms with van der Waals surface area (Å²) in [6.45, 7) is 12.4. The lowest BCUT2D eigenvalue weighted by Crippen LogP contribution is -2.48. The molecule has 0 spiro atoms. The van der Waals surface area contributed by atoms with Gasteiger partial charge in [0.2, 0.25) is 5.12 Å². The van der Waals surface area contributed by atoms with Crippen LogP contribution in [0.15, 0.2) is 30.6 Å². The quantitative estimate of drug-likeness (QED) is 0.486. The van der Waals surface area contributed by atoms with Crippen LogP contribution in [0.25, 0.3) is 17.3 Å². The molecule has 1 aliphatic heterocycles. The van der Waals surface area contributed by atoms with E-state index in [0.29, 0.717) is 16.8 Å². The number of imidazole rings is 1. The van der Waals surface area contributed by atoms with Crippen molar-refractivity contribution in [2.24, 2.45) is 0 Å². The molecule has 3 aromatic rings. The second-order valence-corrected chi connectivity index (χ2v) is 9.52. The maximum Gasteiger partial charge on any atom is 0.217 e. The first-order valence-corrected chi connectivity index (χ1v) is 12.2. The van der Waals surface area contributed by atoms with Crippen LogP contribution in [-0.4, -0.2) is 56.6 Å². The number of allylic oxidation sites excluding steroid dienone is 1. The first-order chi connectivity index (χ1) is 15.8. The van der Waals surface area contributed by atoms with E-state index in [9.17, 15) is 4.79 Å². The summed E-state index contributed by atoms with van der Waals surface area (Å²) in [7, 11) is 0. The average molecular weight is 484 g/mol. The average Bonchev–Trinajstić information content (AvgIpc) is 3.21. The van der Waals surface area contributed by atoms with Gasteiger partial charge in [0.05, 0.1) is 11.4 Å². The molecule has 0 aliphatic carbocycles. The molecular weight excluding hydrogens is 454 g/mol. The fourth-order valence-electron chi connectivity index (χ4n) is 4.36. The predicted octanol–water partition coefficient (Wildman–Crippen LogP) is 5.24. The molecular formula is C25H30ClN5OS. The summed E-state index contributed by atoms with van der Waals surface area (Å²) in [5, 5.41) is 0.194. The summed E-state index contributed by atoms with van der Waals surface area (Å²) in [6.07, 6.45) is 6.51. The third-order valence-corrected chi connectivity index (χ3v) is 6.72. The lowest BCUT2D eigenvalue weighted by Gasteiger charge is -2.38. The molecule has 33 heavy (non-hydrogen) atoms. The van der Waals surface area contributed by atoms with Crippen LogP contribution in [0.1, 0.15) is 54.5 Å². The Balaban J connectivity index is 1.66. The number of benzene rings is 1. The van der Waals surface area contributed by atoms with Gasteiger partial charge in [-0.3, -0.25) is 9.69 Å². The minimum absolute atomic E-state index is 0.235. The van der Waals surface area contributed by atoms with Crippen LogP contribution in [0.2, 0.25) is 5.15 Å². The van der Waals surface area contributed by atoms with Crippen molar-refractivity contribution >= 4 is 52.3 Å². The Kier molecular flexibility index (Phi) is 7.12. The topological polar surface area (TPSA) is 53.7 Å². The van der Waals surface area contributed by atoms with Crippen LogP contribution in [0.4, 0.5) is 5.69 Å². The van der Waals surface area contributed by atoms with Crippen LogP contribution >= 0.6 is 24.2 Å². The maximum absolute atomic E-state index is 12.4. The smallest absolute Gasteiger partial charge is 0.217 e. The fraction of sp³-hybridized carbons (Fsp3) is 0.400. The summed E-state index contributed by atoms with van der Waals surface area (Å²) in [6, 6.07) is 6.64. The van der Waals surface area contributed by atoms with E-state index in [2.05, 4.69) is 54.3 Å². The van der Waals surface area contributed by atoms with Gasteiger partial charge in [0.1, 0.15) is 5.15 Å².